The Hall–Kier alpha value is 0. The van der Waals surface area contributed by atoms with Crippen LogP contribution in [0.1, 0.15) is 64.2 Å². The van der Waals surface area contributed by atoms with Crippen LogP contribution in [-0.2, 0) is 0 Å². The van der Waals surface area contributed by atoms with Gasteiger partial charge in [-0.2, -0.15) is 0 Å². The van der Waals surface area contributed by atoms with E-state index in [0.717, 1.165) is 23.7 Å². The van der Waals surface area contributed by atoms with E-state index < -0.39 is 0 Å². The third-order valence-electron chi connectivity index (χ3n) is 5.21. The van der Waals surface area contributed by atoms with Crippen LogP contribution in [0.15, 0.2) is 0 Å². The van der Waals surface area contributed by atoms with Gasteiger partial charge in [0.15, 0.2) is 0 Å². The largest absolute Gasteiger partial charge is 0.0530 e. The summed E-state index contributed by atoms with van der Waals surface area (Å²) in [5, 5.41) is 0. The van der Waals surface area contributed by atoms with E-state index >= 15 is 0 Å². The zero-order chi connectivity index (χ0) is 11.0. The summed E-state index contributed by atoms with van der Waals surface area (Å²) in [6.45, 7) is 3.94. The third-order valence-corrected chi connectivity index (χ3v) is 5.21. The van der Waals surface area contributed by atoms with Crippen molar-refractivity contribution in [3.8, 4) is 0 Å². The van der Waals surface area contributed by atoms with Gasteiger partial charge in [0.05, 0.1) is 0 Å². The van der Waals surface area contributed by atoms with E-state index in [1.54, 1.807) is 19.3 Å². The summed E-state index contributed by atoms with van der Waals surface area (Å²) in [7, 11) is 0. The standard InChI is InChI=1S/C10H15.C6H11/c1-7-2-9-4-8(1)5-10(3-7)6-9;1-6-4-2-3-5-6/h7-9H,1-6H2;6H,1-5H2. The molecule has 0 unspecified atom stereocenters. The molecule has 0 heterocycles. The molecule has 0 aromatic carbocycles. The molecule has 16 heavy (non-hydrogen) atoms. The van der Waals surface area contributed by atoms with Crippen LogP contribution in [0, 0.1) is 36.5 Å². The summed E-state index contributed by atoms with van der Waals surface area (Å²) in [5.41, 5.74) is 0. The molecule has 0 amide bonds. The molecule has 0 aromatic rings. The zero-order valence-electron chi connectivity index (χ0n) is 10.6. The van der Waals surface area contributed by atoms with Crippen molar-refractivity contribution in [1.29, 1.82) is 0 Å². The topological polar surface area (TPSA) is 0 Å². The Morgan fingerprint density at radius 1 is 0.750 bits per heavy atom. The van der Waals surface area contributed by atoms with E-state index in [-0.39, 0.29) is 0 Å². The highest BCUT2D eigenvalue weighted by molar-refractivity contribution is 5.08. The average Bonchev–Trinajstić information content (AvgIpc) is 2.67. The summed E-state index contributed by atoms with van der Waals surface area (Å²) in [6.07, 6.45) is 14.9. The number of hydrogen-bond donors (Lipinski definition) is 0. The Bertz CT molecular complexity index is 168. The Balaban J connectivity index is 0.000000117. The Morgan fingerprint density at radius 3 is 1.44 bits per heavy atom. The maximum atomic E-state index is 3.94. The van der Waals surface area contributed by atoms with Crippen molar-refractivity contribution < 1.29 is 0 Å². The van der Waals surface area contributed by atoms with Gasteiger partial charge in [-0.05, 0) is 68.1 Å². The van der Waals surface area contributed by atoms with Crippen LogP contribution in [0.3, 0.4) is 0 Å². The molecular formula is C16H26. The molecular weight excluding hydrogens is 192 g/mol. The zero-order valence-corrected chi connectivity index (χ0v) is 10.6. The van der Waals surface area contributed by atoms with Crippen molar-refractivity contribution in [2.24, 2.45) is 23.7 Å². The van der Waals surface area contributed by atoms with E-state index in [4.69, 9.17) is 0 Å². The SMILES string of the molecule is C1[C]2CC3CC1CC(C2)C3.[CH2]C1CCCC1. The van der Waals surface area contributed by atoms with Crippen LogP contribution >= 0.6 is 0 Å². The van der Waals surface area contributed by atoms with Gasteiger partial charge in [-0.15, -0.1) is 0 Å². The van der Waals surface area contributed by atoms with Crippen LogP contribution in [-0.4, -0.2) is 0 Å². The number of hydrogen-bond acceptors (Lipinski definition) is 0. The summed E-state index contributed by atoms with van der Waals surface area (Å²) < 4.78 is 0. The van der Waals surface area contributed by atoms with E-state index in [9.17, 15) is 0 Å². The maximum Gasteiger partial charge on any atom is -0.0233 e. The van der Waals surface area contributed by atoms with Gasteiger partial charge in [-0.25, -0.2) is 0 Å². The molecule has 4 bridgehead atoms. The van der Waals surface area contributed by atoms with Crippen LogP contribution < -0.4 is 0 Å². The molecule has 5 aliphatic carbocycles. The predicted octanol–water partition coefficient (Wildman–Crippen LogP) is 4.80. The molecule has 0 aromatic heterocycles. The third kappa shape index (κ3) is 2.46. The summed E-state index contributed by atoms with van der Waals surface area (Å²) in [5.74, 6) is 6.15. The molecule has 5 fully saturated rings. The number of rotatable bonds is 0. The molecule has 5 saturated carbocycles. The first-order valence-corrected chi connectivity index (χ1v) is 7.46. The molecule has 0 atom stereocenters. The lowest BCUT2D eigenvalue weighted by molar-refractivity contribution is 0.0920. The fraction of sp³-hybridized carbons (Fsp3) is 0.875. The van der Waals surface area contributed by atoms with Crippen LogP contribution in [0.2, 0.25) is 0 Å². The van der Waals surface area contributed by atoms with Crippen molar-refractivity contribution in [2.75, 3.05) is 0 Å². The second-order valence-electron chi connectivity index (χ2n) is 6.82. The van der Waals surface area contributed by atoms with E-state index in [2.05, 4.69) is 6.92 Å². The second-order valence-corrected chi connectivity index (χ2v) is 6.82. The van der Waals surface area contributed by atoms with Crippen LogP contribution in [0.4, 0.5) is 0 Å². The van der Waals surface area contributed by atoms with Gasteiger partial charge in [0.25, 0.3) is 0 Å². The van der Waals surface area contributed by atoms with Crippen molar-refractivity contribution in [2.45, 2.75) is 64.2 Å². The highest BCUT2D eigenvalue weighted by Crippen LogP contribution is 2.54. The fourth-order valence-electron chi connectivity index (χ4n) is 4.69. The van der Waals surface area contributed by atoms with Gasteiger partial charge >= 0.3 is 0 Å². The van der Waals surface area contributed by atoms with Crippen molar-refractivity contribution in [1.82, 2.24) is 0 Å². The first kappa shape index (κ1) is 11.1. The smallest absolute Gasteiger partial charge is 0.0233 e. The lowest BCUT2D eigenvalue weighted by Crippen LogP contribution is -2.37. The molecule has 0 saturated heterocycles. The minimum Gasteiger partial charge on any atom is -0.0530 e. The molecule has 0 aliphatic heterocycles. The molecule has 0 spiro atoms. The summed E-state index contributed by atoms with van der Waals surface area (Å²) in [6, 6.07) is 0. The Morgan fingerprint density at radius 2 is 1.19 bits per heavy atom. The lowest BCUT2D eigenvalue weighted by Gasteiger charge is -2.49. The quantitative estimate of drug-likeness (QED) is 0.548. The summed E-state index contributed by atoms with van der Waals surface area (Å²) in [4.78, 5) is 0. The van der Waals surface area contributed by atoms with E-state index in [1.807, 2.05) is 5.92 Å². The minimum absolute atomic E-state index is 0.796. The van der Waals surface area contributed by atoms with E-state index in [0.29, 0.717) is 0 Å². The van der Waals surface area contributed by atoms with Gasteiger partial charge in [-0.3, -0.25) is 0 Å². The maximum absolute atomic E-state index is 3.94. The van der Waals surface area contributed by atoms with Gasteiger partial charge in [0.1, 0.15) is 0 Å². The van der Waals surface area contributed by atoms with Crippen molar-refractivity contribution >= 4 is 0 Å². The van der Waals surface area contributed by atoms with Gasteiger partial charge in [0, 0.05) is 0 Å². The van der Waals surface area contributed by atoms with Crippen molar-refractivity contribution in [3.05, 3.63) is 12.8 Å². The fourth-order valence-corrected chi connectivity index (χ4v) is 4.69. The lowest BCUT2D eigenvalue weighted by atomic mass is 9.56. The molecule has 0 nitrogen and oxygen atoms in total. The monoisotopic (exact) mass is 218 g/mol. The molecule has 90 valence electrons. The minimum atomic E-state index is 0.796. The Kier molecular flexibility index (Phi) is 3.27. The molecule has 0 heteroatoms. The van der Waals surface area contributed by atoms with Crippen LogP contribution in [0.5, 0.6) is 0 Å². The molecule has 2 radical (unpaired) electrons. The highest BCUT2D eigenvalue weighted by atomic mass is 14.5. The van der Waals surface area contributed by atoms with Gasteiger partial charge in [0.2, 0.25) is 0 Å². The predicted molar refractivity (Wildman–Crippen MR) is 68.7 cm³/mol. The first-order valence-electron chi connectivity index (χ1n) is 7.46. The molecule has 5 aliphatic rings. The van der Waals surface area contributed by atoms with Crippen molar-refractivity contribution in [3.63, 3.8) is 0 Å². The van der Waals surface area contributed by atoms with E-state index in [1.165, 1.54) is 44.9 Å². The summed E-state index contributed by atoms with van der Waals surface area (Å²) >= 11 is 0. The first-order chi connectivity index (χ1) is 7.79. The Labute approximate surface area is 101 Å². The van der Waals surface area contributed by atoms with Crippen LogP contribution in [0.25, 0.3) is 0 Å². The normalized spacial score (nSPS) is 42.2. The molecule has 0 N–H and O–H groups in total. The second kappa shape index (κ2) is 4.70. The van der Waals surface area contributed by atoms with Gasteiger partial charge in [-0.1, -0.05) is 32.6 Å². The highest BCUT2D eigenvalue weighted by Gasteiger charge is 2.42. The van der Waals surface area contributed by atoms with Gasteiger partial charge < -0.3 is 0 Å². The molecule has 5 rings (SSSR count). The average molecular weight is 218 g/mol.